The number of rotatable bonds is 8. The highest BCUT2D eigenvalue weighted by molar-refractivity contribution is 6.30. The average molecular weight is 437 g/mol. The van der Waals surface area contributed by atoms with Crippen LogP contribution in [0.5, 0.6) is 11.5 Å². The van der Waals surface area contributed by atoms with Crippen LogP contribution in [-0.4, -0.2) is 24.7 Å². The number of esters is 1. The third kappa shape index (κ3) is 6.42. The fourth-order valence-electron chi connectivity index (χ4n) is 2.57. The highest BCUT2D eigenvalue weighted by Gasteiger charge is 2.11. The van der Waals surface area contributed by atoms with Gasteiger partial charge in [-0.3, -0.25) is 4.79 Å². The molecule has 0 saturated carbocycles. The van der Waals surface area contributed by atoms with Crippen molar-refractivity contribution >= 4 is 29.7 Å². The summed E-state index contributed by atoms with van der Waals surface area (Å²) in [5.41, 5.74) is 3.82. The Morgan fingerprint density at radius 2 is 1.65 bits per heavy atom. The van der Waals surface area contributed by atoms with Crippen LogP contribution in [0.2, 0.25) is 5.02 Å². The summed E-state index contributed by atoms with van der Waals surface area (Å²) in [7, 11) is 0. The number of nitrogens with zero attached hydrogens (tertiary/aromatic N) is 1. The van der Waals surface area contributed by atoms with Gasteiger partial charge >= 0.3 is 5.97 Å². The van der Waals surface area contributed by atoms with Crippen molar-refractivity contribution in [3.8, 4) is 11.5 Å². The summed E-state index contributed by atoms with van der Waals surface area (Å²) in [6.45, 7) is 2.65. The molecule has 3 rings (SSSR count). The molecule has 0 atom stereocenters. The van der Waals surface area contributed by atoms with Crippen molar-refractivity contribution in [1.82, 2.24) is 5.43 Å². The first-order valence-electron chi connectivity index (χ1n) is 9.70. The largest absolute Gasteiger partial charge is 0.494 e. The summed E-state index contributed by atoms with van der Waals surface area (Å²) in [4.78, 5) is 24.6. The zero-order chi connectivity index (χ0) is 22.1. The Bertz CT molecular complexity index is 1060. The number of benzene rings is 3. The van der Waals surface area contributed by atoms with Crippen LogP contribution in [0.4, 0.5) is 0 Å². The van der Waals surface area contributed by atoms with E-state index in [-0.39, 0.29) is 5.91 Å². The van der Waals surface area contributed by atoms with E-state index in [9.17, 15) is 9.59 Å². The van der Waals surface area contributed by atoms with E-state index in [4.69, 9.17) is 21.1 Å². The molecule has 0 heterocycles. The lowest BCUT2D eigenvalue weighted by molar-refractivity contribution is 0.0734. The van der Waals surface area contributed by atoms with Crippen molar-refractivity contribution in [3.05, 3.63) is 94.5 Å². The number of nitrogens with one attached hydrogen (secondary N) is 1. The maximum Gasteiger partial charge on any atom is 0.343 e. The molecule has 0 spiro atoms. The Morgan fingerprint density at radius 3 is 2.35 bits per heavy atom. The Morgan fingerprint density at radius 1 is 0.968 bits per heavy atom. The number of hydrogen-bond donors (Lipinski definition) is 1. The Balaban J connectivity index is 1.62. The van der Waals surface area contributed by atoms with Crippen LogP contribution in [0.25, 0.3) is 0 Å². The van der Waals surface area contributed by atoms with Gasteiger partial charge in [0.15, 0.2) is 0 Å². The van der Waals surface area contributed by atoms with E-state index in [1.54, 1.807) is 72.8 Å². The minimum absolute atomic E-state index is 0.317. The van der Waals surface area contributed by atoms with Crippen LogP contribution in [0.3, 0.4) is 0 Å². The van der Waals surface area contributed by atoms with Gasteiger partial charge in [0.2, 0.25) is 0 Å². The molecule has 3 aromatic carbocycles. The summed E-state index contributed by atoms with van der Waals surface area (Å²) in [5.74, 6) is 0.136. The second-order valence-electron chi connectivity index (χ2n) is 6.51. The molecule has 0 aromatic heterocycles. The lowest BCUT2D eigenvalue weighted by Crippen LogP contribution is -2.17. The minimum Gasteiger partial charge on any atom is -0.494 e. The fourth-order valence-corrected chi connectivity index (χ4v) is 2.70. The van der Waals surface area contributed by atoms with Gasteiger partial charge < -0.3 is 9.47 Å². The van der Waals surface area contributed by atoms with Crippen molar-refractivity contribution in [2.75, 3.05) is 6.61 Å². The summed E-state index contributed by atoms with van der Waals surface area (Å²) in [6, 6.07) is 20.1. The number of hydrazone groups is 1. The molecule has 0 aliphatic rings. The molecule has 1 amide bonds. The Labute approximate surface area is 185 Å². The van der Waals surface area contributed by atoms with Gasteiger partial charge in [0, 0.05) is 16.1 Å². The molecule has 1 N–H and O–H groups in total. The first-order chi connectivity index (χ1) is 15.1. The molecule has 0 bridgehead atoms. The zero-order valence-corrected chi connectivity index (χ0v) is 17.6. The standard InChI is InChI=1S/C24H21ClN2O4/c1-2-15-30-21-13-9-17(10-14-21)23(28)27-26-16-19-5-3-4-6-22(19)31-24(29)18-7-11-20(25)12-8-18/h3-14,16H,2,15H2,1H3,(H,27,28)/b26-16-. The molecule has 0 aliphatic carbocycles. The molecule has 0 saturated heterocycles. The van der Waals surface area contributed by atoms with Crippen LogP contribution >= 0.6 is 11.6 Å². The van der Waals surface area contributed by atoms with Crippen LogP contribution in [-0.2, 0) is 0 Å². The van der Waals surface area contributed by atoms with Gasteiger partial charge in [-0.15, -0.1) is 0 Å². The van der Waals surface area contributed by atoms with Gasteiger partial charge in [0.1, 0.15) is 11.5 Å². The van der Waals surface area contributed by atoms with E-state index in [0.717, 1.165) is 6.42 Å². The highest BCUT2D eigenvalue weighted by atomic mass is 35.5. The first kappa shape index (κ1) is 22.1. The Kier molecular flexibility index (Phi) is 7.79. The number of halogens is 1. The van der Waals surface area contributed by atoms with E-state index < -0.39 is 5.97 Å². The van der Waals surface area contributed by atoms with Gasteiger partial charge in [-0.25, -0.2) is 10.2 Å². The second kappa shape index (κ2) is 10.9. The summed E-state index contributed by atoms with van der Waals surface area (Å²) in [6.07, 6.45) is 2.33. The van der Waals surface area contributed by atoms with E-state index in [2.05, 4.69) is 10.5 Å². The number of hydrogen-bond acceptors (Lipinski definition) is 5. The Hall–Kier alpha value is -3.64. The smallest absolute Gasteiger partial charge is 0.343 e. The SMILES string of the molecule is CCCOc1ccc(C(=O)N/N=C\c2ccccc2OC(=O)c2ccc(Cl)cc2)cc1. The monoisotopic (exact) mass is 436 g/mol. The number of ether oxygens (including phenoxy) is 2. The molecule has 0 radical (unpaired) electrons. The molecule has 158 valence electrons. The number of carbonyl (C=O) groups is 2. The molecular formula is C24H21ClN2O4. The van der Waals surface area contributed by atoms with Crippen molar-refractivity contribution in [2.24, 2.45) is 5.10 Å². The van der Waals surface area contributed by atoms with Crippen LogP contribution in [0, 0.1) is 0 Å². The fraction of sp³-hybridized carbons (Fsp3) is 0.125. The van der Waals surface area contributed by atoms with E-state index in [0.29, 0.717) is 39.8 Å². The summed E-state index contributed by atoms with van der Waals surface area (Å²) < 4.78 is 11.0. The van der Waals surface area contributed by atoms with Crippen LogP contribution < -0.4 is 14.9 Å². The summed E-state index contributed by atoms with van der Waals surface area (Å²) >= 11 is 5.85. The molecule has 0 aliphatic heterocycles. The lowest BCUT2D eigenvalue weighted by atomic mass is 10.2. The van der Waals surface area contributed by atoms with Crippen molar-refractivity contribution in [3.63, 3.8) is 0 Å². The maximum atomic E-state index is 12.3. The average Bonchev–Trinajstić information content (AvgIpc) is 2.79. The van der Waals surface area contributed by atoms with Crippen LogP contribution in [0.15, 0.2) is 77.9 Å². The molecule has 7 heteroatoms. The lowest BCUT2D eigenvalue weighted by Gasteiger charge is -2.07. The third-order valence-electron chi connectivity index (χ3n) is 4.16. The first-order valence-corrected chi connectivity index (χ1v) is 10.1. The predicted molar refractivity (Wildman–Crippen MR) is 120 cm³/mol. The van der Waals surface area contributed by atoms with Crippen LogP contribution in [0.1, 0.15) is 39.6 Å². The van der Waals surface area contributed by atoms with Gasteiger partial charge in [0.25, 0.3) is 5.91 Å². The molecule has 31 heavy (non-hydrogen) atoms. The van der Waals surface area contributed by atoms with Crippen molar-refractivity contribution in [2.45, 2.75) is 13.3 Å². The summed E-state index contributed by atoms with van der Waals surface area (Å²) in [5, 5.41) is 4.51. The van der Waals surface area contributed by atoms with E-state index in [1.807, 2.05) is 6.92 Å². The maximum absolute atomic E-state index is 12.3. The van der Waals surface area contributed by atoms with E-state index >= 15 is 0 Å². The number of para-hydroxylation sites is 1. The number of carbonyl (C=O) groups excluding carboxylic acids is 2. The van der Waals surface area contributed by atoms with Crippen molar-refractivity contribution in [1.29, 1.82) is 0 Å². The molecule has 3 aromatic rings. The van der Waals surface area contributed by atoms with Gasteiger partial charge in [0.05, 0.1) is 18.4 Å². The zero-order valence-electron chi connectivity index (χ0n) is 16.9. The highest BCUT2D eigenvalue weighted by Crippen LogP contribution is 2.19. The quantitative estimate of drug-likeness (QED) is 0.230. The third-order valence-corrected chi connectivity index (χ3v) is 4.41. The van der Waals surface area contributed by atoms with Gasteiger partial charge in [-0.1, -0.05) is 30.7 Å². The van der Waals surface area contributed by atoms with Gasteiger partial charge in [-0.05, 0) is 67.1 Å². The topological polar surface area (TPSA) is 77.0 Å². The minimum atomic E-state index is -0.521. The predicted octanol–water partition coefficient (Wildman–Crippen LogP) is 5.11. The number of amides is 1. The normalized spacial score (nSPS) is 10.6. The molecule has 0 unspecified atom stereocenters. The molecule has 0 fully saturated rings. The van der Waals surface area contributed by atoms with Crippen molar-refractivity contribution < 1.29 is 19.1 Å². The molecule has 6 nitrogen and oxygen atoms in total. The van der Waals surface area contributed by atoms with E-state index in [1.165, 1.54) is 6.21 Å². The molecular weight excluding hydrogens is 416 g/mol. The second-order valence-corrected chi connectivity index (χ2v) is 6.94. The van der Waals surface area contributed by atoms with Gasteiger partial charge in [-0.2, -0.15) is 5.10 Å².